The highest BCUT2D eigenvalue weighted by atomic mass is 14.9. The summed E-state index contributed by atoms with van der Waals surface area (Å²) >= 11 is 0. The van der Waals surface area contributed by atoms with Crippen LogP contribution in [0.1, 0.15) is 25.1 Å². The standard InChI is InChI=1S/C20H23N2/c1-14(2)11-17-12-19-16(13-21-17)9-10-22(4)20(19)18-8-6-5-7-15(18)3/h5-10,12-14H,11H2,1-4H3/q+1. The van der Waals surface area contributed by atoms with Gasteiger partial charge in [0.2, 0.25) is 5.69 Å². The van der Waals surface area contributed by atoms with E-state index >= 15 is 0 Å². The summed E-state index contributed by atoms with van der Waals surface area (Å²) in [4.78, 5) is 4.62. The van der Waals surface area contributed by atoms with Crippen LogP contribution in [-0.2, 0) is 13.5 Å². The predicted octanol–water partition coefficient (Wildman–Crippen LogP) is 4.23. The second-order valence-electron chi connectivity index (χ2n) is 6.45. The number of aryl methyl sites for hydroxylation is 2. The second-order valence-corrected chi connectivity index (χ2v) is 6.45. The van der Waals surface area contributed by atoms with Crippen molar-refractivity contribution in [3.8, 4) is 11.3 Å². The molecule has 112 valence electrons. The van der Waals surface area contributed by atoms with Crippen LogP contribution in [0.5, 0.6) is 0 Å². The number of hydrogen-bond donors (Lipinski definition) is 0. The summed E-state index contributed by atoms with van der Waals surface area (Å²) in [6.07, 6.45) is 5.14. The summed E-state index contributed by atoms with van der Waals surface area (Å²) in [5, 5.41) is 2.48. The van der Waals surface area contributed by atoms with Gasteiger partial charge in [-0.25, -0.2) is 4.57 Å². The zero-order valence-electron chi connectivity index (χ0n) is 13.8. The number of pyridine rings is 2. The van der Waals surface area contributed by atoms with Crippen molar-refractivity contribution in [1.82, 2.24) is 4.98 Å². The SMILES string of the molecule is Cc1ccccc1-c1c2cc(CC(C)C)ncc2cc[n+]1C. The van der Waals surface area contributed by atoms with Crippen molar-refractivity contribution in [2.45, 2.75) is 27.2 Å². The first-order valence-electron chi connectivity index (χ1n) is 7.89. The van der Waals surface area contributed by atoms with Gasteiger partial charge in [-0.15, -0.1) is 0 Å². The van der Waals surface area contributed by atoms with Crippen molar-refractivity contribution in [2.75, 3.05) is 0 Å². The molecular formula is C20H23N2+. The molecule has 3 rings (SSSR count). The molecule has 0 atom stereocenters. The molecule has 0 aliphatic carbocycles. The Bertz CT molecular complexity index is 819. The Labute approximate surface area is 132 Å². The Morgan fingerprint density at radius 3 is 2.64 bits per heavy atom. The van der Waals surface area contributed by atoms with E-state index < -0.39 is 0 Å². The van der Waals surface area contributed by atoms with Gasteiger partial charge >= 0.3 is 0 Å². The lowest BCUT2D eigenvalue weighted by atomic mass is 9.99. The normalized spacial score (nSPS) is 11.3. The van der Waals surface area contributed by atoms with Crippen LogP contribution in [0.2, 0.25) is 0 Å². The van der Waals surface area contributed by atoms with Gasteiger partial charge in [-0.2, -0.15) is 0 Å². The van der Waals surface area contributed by atoms with Crippen molar-refractivity contribution >= 4 is 10.8 Å². The molecule has 0 bridgehead atoms. The number of aromatic nitrogens is 2. The van der Waals surface area contributed by atoms with Crippen LogP contribution in [0, 0.1) is 12.8 Å². The zero-order valence-corrected chi connectivity index (χ0v) is 13.8. The van der Waals surface area contributed by atoms with Crippen LogP contribution in [-0.4, -0.2) is 4.98 Å². The van der Waals surface area contributed by atoms with E-state index in [9.17, 15) is 0 Å². The Kier molecular flexibility index (Phi) is 3.93. The van der Waals surface area contributed by atoms with Crippen LogP contribution in [0.15, 0.2) is 48.8 Å². The molecular weight excluding hydrogens is 268 g/mol. The van der Waals surface area contributed by atoms with Gasteiger partial charge in [-0.3, -0.25) is 4.98 Å². The van der Waals surface area contributed by atoms with E-state index in [-0.39, 0.29) is 0 Å². The molecule has 0 N–H and O–H groups in total. The largest absolute Gasteiger partial charge is 0.261 e. The summed E-state index contributed by atoms with van der Waals surface area (Å²) in [6.45, 7) is 6.64. The van der Waals surface area contributed by atoms with E-state index in [1.54, 1.807) is 0 Å². The van der Waals surface area contributed by atoms with Gasteiger partial charge in [-0.1, -0.05) is 32.0 Å². The Morgan fingerprint density at radius 2 is 1.91 bits per heavy atom. The maximum atomic E-state index is 4.62. The van der Waals surface area contributed by atoms with Crippen LogP contribution >= 0.6 is 0 Å². The smallest absolute Gasteiger partial charge is 0.220 e. The van der Waals surface area contributed by atoms with Crippen LogP contribution < -0.4 is 4.57 Å². The van der Waals surface area contributed by atoms with Gasteiger partial charge in [0, 0.05) is 28.9 Å². The fraction of sp³-hybridized carbons (Fsp3) is 0.300. The molecule has 0 unspecified atom stereocenters. The summed E-state index contributed by atoms with van der Waals surface area (Å²) in [5.41, 5.74) is 5.02. The fourth-order valence-electron chi connectivity index (χ4n) is 3.01. The number of nitrogens with zero attached hydrogens (tertiary/aromatic N) is 2. The molecule has 0 saturated heterocycles. The van der Waals surface area contributed by atoms with E-state index in [1.165, 1.54) is 33.3 Å². The average molecular weight is 291 g/mol. The van der Waals surface area contributed by atoms with Gasteiger partial charge in [-0.05, 0) is 37.0 Å². The molecule has 0 saturated carbocycles. The van der Waals surface area contributed by atoms with E-state index in [0.717, 1.165) is 6.42 Å². The van der Waals surface area contributed by atoms with Gasteiger partial charge in [0.1, 0.15) is 7.05 Å². The summed E-state index contributed by atoms with van der Waals surface area (Å²) in [7, 11) is 2.11. The maximum absolute atomic E-state index is 4.62. The number of rotatable bonds is 3. The highest BCUT2D eigenvalue weighted by Gasteiger charge is 2.17. The molecule has 0 amide bonds. The number of fused-ring (bicyclic) bond motifs is 1. The quantitative estimate of drug-likeness (QED) is 0.660. The van der Waals surface area contributed by atoms with Crippen molar-refractivity contribution in [3.05, 3.63) is 60.0 Å². The molecule has 22 heavy (non-hydrogen) atoms. The van der Waals surface area contributed by atoms with E-state index in [4.69, 9.17) is 0 Å². The van der Waals surface area contributed by atoms with Gasteiger partial charge in [0.25, 0.3) is 0 Å². The van der Waals surface area contributed by atoms with Gasteiger partial charge < -0.3 is 0 Å². The highest BCUT2D eigenvalue weighted by molar-refractivity contribution is 5.93. The molecule has 0 aliphatic heterocycles. The van der Waals surface area contributed by atoms with Crippen molar-refractivity contribution in [3.63, 3.8) is 0 Å². The first kappa shape index (κ1) is 14.7. The maximum Gasteiger partial charge on any atom is 0.220 e. The lowest BCUT2D eigenvalue weighted by Crippen LogP contribution is -2.30. The topological polar surface area (TPSA) is 16.8 Å². The van der Waals surface area contributed by atoms with Crippen LogP contribution in [0.25, 0.3) is 22.0 Å². The fourth-order valence-corrected chi connectivity index (χ4v) is 3.01. The minimum Gasteiger partial charge on any atom is -0.261 e. The number of hydrogen-bond acceptors (Lipinski definition) is 1. The van der Waals surface area contributed by atoms with Crippen molar-refractivity contribution in [1.29, 1.82) is 0 Å². The Morgan fingerprint density at radius 1 is 1.14 bits per heavy atom. The molecule has 3 aromatic rings. The molecule has 2 aromatic heterocycles. The lowest BCUT2D eigenvalue weighted by Gasteiger charge is -2.09. The molecule has 2 heterocycles. The molecule has 0 radical (unpaired) electrons. The van der Waals surface area contributed by atoms with Crippen molar-refractivity contribution < 1.29 is 4.57 Å². The minimum atomic E-state index is 0.615. The molecule has 2 heteroatoms. The van der Waals surface area contributed by atoms with Gasteiger partial charge in [0.15, 0.2) is 6.20 Å². The lowest BCUT2D eigenvalue weighted by molar-refractivity contribution is -0.659. The second kappa shape index (κ2) is 5.88. The first-order chi connectivity index (χ1) is 10.6. The first-order valence-corrected chi connectivity index (χ1v) is 7.89. The summed E-state index contributed by atoms with van der Waals surface area (Å²) in [6, 6.07) is 13.0. The molecule has 1 aromatic carbocycles. The third-order valence-corrected chi connectivity index (χ3v) is 4.09. The van der Waals surface area contributed by atoms with Gasteiger partial charge in [0.05, 0.1) is 5.39 Å². The minimum absolute atomic E-state index is 0.615. The van der Waals surface area contributed by atoms with Crippen LogP contribution in [0.3, 0.4) is 0 Å². The Balaban J connectivity index is 2.28. The monoisotopic (exact) mass is 291 g/mol. The Hall–Kier alpha value is -2.22. The van der Waals surface area contributed by atoms with E-state index in [2.05, 4.69) is 80.0 Å². The summed E-state index contributed by atoms with van der Waals surface area (Å²) in [5.74, 6) is 0.615. The van der Waals surface area contributed by atoms with E-state index in [0.29, 0.717) is 5.92 Å². The van der Waals surface area contributed by atoms with E-state index in [1.807, 2.05) is 6.20 Å². The van der Waals surface area contributed by atoms with Crippen molar-refractivity contribution in [2.24, 2.45) is 13.0 Å². The van der Waals surface area contributed by atoms with Crippen LogP contribution in [0.4, 0.5) is 0 Å². The molecule has 0 fully saturated rings. The molecule has 0 aliphatic rings. The molecule has 0 spiro atoms. The third kappa shape index (κ3) is 2.74. The summed E-state index contributed by atoms with van der Waals surface area (Å²) < 4.78 is 2.21. The third-order valence-electron chi connectivity index (χ3n) is 4.09. The molecule has 2 nitrogen and oxygen atoms in total. The zero-order chi connectivity index (χ0) is 15.7. The average Bonchev–Trinajstić information content (AvgIpc) is 2.48. The predicted molar refractivity (Wildman–Crippen MR) is 91.6 cm³/mol. The number of benzene rings is 1. The highest BCUT2D eigenvalue weighted by Crippen LogP contribution is 2.28.